The molecular formula is C14H14ClN. The predicted octanol–water partition coefficient (Wildman–Crippen LogP) is 4.17. The molecule has 0 aliphatic rings. The van der Waals surface area contributed by atoms with Gasteiger partial charge in [0.05, 0.1) is 5.38 Å². The molecule has 1 nitrogen and oxygen atoms in total. The molecule has 1 aromatic heterocycles. The van der Waals surface area contributed by atoms with Gasteiger partial charge in [-0.3, -0.25) is 4.98 Å². The Labute approximate surface area is 101 Å². The summed E-state index contributed by atoms with van der Waals surface area (Å²) in [5, 5.41) is 0.00333. The summed E-state index contributed by atoms with van der Waals surface area (Å²) in [6, 6.07) is 14.2. The number of nitrogens with zero attached hydrogens (tertiary/aromatic N) is 1. The molecule has 0 N–H and O–H groups in total. The van der Waals surface area contributed by atoms with Gasteiger partial charge < -0.3 is 0 Å². The average Bonchev–Trinajstić information content (AvgIpc) is 2.39. The van der Waals surface area contributed by atoms with Gasteiger partial charge in [-0.2, -0.15) is 0 Å². The number of benzene rings is 1. The summed E-state index contributed by atoms with van der Waals surface area (Å²) in [5.74, 6) is 0.284. The Bertz CT molecular complexity index is 384. The fraction of sp³-hybridized carbons (Fsp3) is 0.214. The third-order valence-corrected chi connectivity index (χ3v) is 3.42. The lowest BCUT2D eigenvalue weighted by atomic mass is 9.94. The SMILES string of the molecule is CC(c1ccncc1)C(Cl)c1ccccc1. The molecule has 0 aliphatic heterocycles. The van der Waals surface area contributed by atoms with Crippen molar-refractivity contribution < 1.29 is 0 Å². The minimum atomic E-state index is 0.00333. The van der Waals surface area contributed by atoms with Crippen LogP contribution >= 0.6 is 11.6 Å². The Kier molecular flexibility index (Phi) is 3.58. The maximum Gasteiger partial charge on any atom is 0.0651 e. The monoisotopic (exact) mass is 231 g/mol. The molecule has 0 fully saturated rings. The number of alkyl halides is 1. The number of halogens is 1. The molecule has 0 aliphatic carbocycles. The Balaban J connectivity index is 2.20. The third kappa shape index (κ3) is 2.42. The van der Waals surface area contributed by atoms with E-state index in [-0.39, 0.29) is 11.3 Å². The van der Waals surface area contributed by atoms with Crippen molar-refractivity contribution in [1.29, 1.82) is 0 Å². The zero-order valence-electron chi connectivity index (χ0n) is 9.18. The molecule has 2 aromatic rings. The predicted molar refractivity (Wildman–Crippen MR) is 67.7 cm³/mol. The fourth-order valence-corrected chi connectivity index (χ4v) is 2.05. The highest BCUT2D eigenvalue weighted by molar-refractivity contribution is 6.21. The van der Waals surface area contributed by atoms with Gasteiger partial charge in [-0.05, 0) is 23.3 Å². The van der Waals surface area contributed by atoms with E-state index >= 15 is 0 Å². The second-order valence-corrected chi connectivity index (χ2v) is 4.35. The highest BCUT2D eigenvalue weighted by Crippen LogP contribution is 2.35. The Morgan fingerprint density at radius 3 is 2.19 bits per heavy atom. The molecule has 0 amide bonds. The van der Waals surface area contributed by atoms with Crippen LogP contribution in [0.2, 0.25) is 0 Å². The van der Waals surface area contributed by atoms with Gasteiger partial charge in [0.15, 0.2) is 0 Å². The van der Waals surface area contributed by atoms with E-state index in [9.17, 15) is 0 Å². The molecule has 0 radical (unpaired) electrons. The van der Waals surface area contributed by atoms with Crippen molar-refractivity contribution in [3.05, 3.63) is 66.0 Å². The van der Waals surface area contributed by atoms with E-state index in [1.165, 1.54) is 5.56 Å². The van der Waals surface area contributed by atoms with Crippen LogP contribution in [-0.2, 0) is 0 Å². The van der Waals surface area contributed by atoms with E-state index in [0.29, 0.717) is 0 Å². The molecule has 0 bridgehead atoms. The molecule has 0 spiro atoms. The minimum absolute atomic E-state index is 0.00333. The van der Waals surface area contributed by atoms with Gasteiger partial charge in [0, 0.05) is 18.3 Å². The quantitative estimate of drug-likeness (QED) is 0.723. The van der Waals surface area contributed by atoms with Crippen molar-refractivity contribution in [3.63, 3.8) is 0 Å². The first-order valence-electron chi connectivity index (χ1n) is 5.38. The van der Waals surface area contributed by atoms with E-state index < -0.39 is 0 Å². The molecular weight excluding hydrogens is 218 g/mol. The van der Waals surface area contributed by atoms with Crippen molar-refractivity contribution in [2.24, 2.45) is 0 Å². The Morgan fingerprint density at radius 1 is 0.938 bits per heavy atom. The number of rotatable bonds is 3. The number of hydrogen-bond acceptors (Lipinski definition) is 1. The summed E-state index contributed by atoms with van der Waals surface area (Å²) >= 11 is 6.47. The highest BCUT2D eigenvalue weighted by atomic mass is 35.5. The smallest absolute Gasteiger partial charge is 0.0651 e. The van der Waals surface area contributed by atoms with Crippen LogP contribution in [0.3, 0.4) is 0 Å². The second kappa shape index (κ2) is 5.13. The van der Waals surface area contributed by atoms with E-state index in [4.69, 9.17) is 11.6 Å². The van der Waals surface area contributed by atoms with Crippen LogP contribution in [0.25, 0.3) is 0 Å². The minimum Gasteiger partial charge on any atom is -0.265 e. The summed E-state index contributed by atoms with van der Waals surface area (Å²) in [4.78, 5) is 4.02. The van der Waals surface area contributed by atoms with Gasteiger partial charge in [0.1, 0.15) is 0 Å². The van der Waals surface area contributed by atoms with E-state index in [1.54, 1.807) is 12.4 Å². The normalized spacial score (nSPS) is 14.4. The molecule has 82 valence electrons. The maximum atomic E-state index is 6.47. The molecule has 16 heavy (non-hydrogen) atoms. The lowest BCUT2D eigenvalue weighted by molar-refractivity contribution is 0.730. The first-order chi connectivity index (χ1) is 7.79. The van der Waals surface area contributed by atoms with Gasteiger partial charge >= 0.3 is 0 Å². The summed E-state index contributed by atoms with van der Waals surface area (Å²) in [6.45, 7) is 2.14. The second-order valence-electron chi connectivity index (χ2n) is 3.88. The van der Waals surface area contributed by atoms with Crippen molar-refractivity contribution in [2.75, 3.05) is 0 Å². The van der Waals surface area contributed by atoms with Crippen molar-refractivity contribution >= 4 is 11.6 Å². The first-order valence-corrected chi connectivity index (χ1v) is 5.81. The molecule has 2 heteroatoms. The summed E-state index contributed by atoms with van der Waals surface area (Å²) in [6.07, 6.45) is 3.61. The van der Waals surface area contributed by atoms with E-state index in [1.807, 2.05) is 30.3 Å². The number of pyridine rings is 1. The third-order valence-electron chi connectivity index (χ3n) is 2.79. The maximum absolute atomic E-state index is 6.47. The molecule has 1 aromatic carbocycles. The van der Waals surface area contributed by atoms with Crippen LogP contribution in [0.4, 0.5) is 0 Å². The molecule has 0 saturated carbocycles. The van der Waals surface area contributed by atoms with Crippen LogP contribution < -0.4 is 0 Å². The van der Waals surface area contributed by atoms with Crippen LogP contribution in [0.5, 0.6) is 0 Å². The lowest BCUT2D eigenvalue weighted by Gasteiger charge is -2.18. The summed E-state index contributed by atoms with van der Waals surface area (Å²) in [7, 11) is 0. The molecule has 2 unspecified atom stereocenters. The molecule has 1 heterocycles. The number of aromatic nitrogens is 1. The fourth-order valence-electron chi connectivity index (χ4n) is 1.76. The van der Waals surface area contributed by atoms with Crippen LogP contribution in [0.1, 0.15) is 29.3 Å². The Hall–Kier alpha value is -1.34. The zero-order chi connectivity index (χ0) is 11.4. The average molecular weight is 232 g/mol. The van der Waals surface area contributed by atoms with E-state index in [0.717, 1.165) is 5.56 Å². The van der Waals surface area contributed by atoms with Gasteiger partial charge in [0.2, 0.25) is 0 Å². The Morgan fingerprint density at radius 2 is 1.56 bits per heavy atom. The van der Waals surface area contributed by atoms with E-state index in [2.05, 4.69) is 24.0 Å². The number of hydrogen-bond donors (Lipinski definition) is 0. The van der Waals surface area contributed by atoms with Crippen LogP contribution in [0.15, 0.2) is 54.9 Å². The molecule has 2 rings (SSSR count). The molecule has 0 saturated heterocycles. The van der Waals surface area contributed by atoms with Gasteiger partial charge in [-0.1, -0.05) is 37.3 Å². The van der Waals surface area contributed by atoms with Crippen molar-refractivity contribution in [1.82, 2.24) is 4.98 Å². The van der Waals surface area contributed by atoms with Gasteiger partial charge in [-0.25, -0.2) is 0 Å². The van der Waals surface area contributed by atoms with Crippen molar-refractivity contribution in [2.45, 2.75) is 18.2 Å². The van der Waals surface area contributed by atoms with Gasteiger partial charge in [0.25, 0.3) is 0 Å². The first kappa shape index (κ1) is 11.2. The van der Waals surface area contributed by atoms with Crippen LogP contribution in [0, 0.1) is 0 Å². The lowest BCUT2D eigenvalue weighted by Crippen LogP contribution is -2.02. The van der Waals surface area contributed by atoms with Crippen molar-refractivity contribution in [3.8, 4) is 0 Å². The standard InChI is InChI=1S/C14H14ClN/c1-11(12-7-9-16-10-8-12)14(15)13-5-3-2-4-6-13/h2-11,14H,1H3. The summed E-state index contributed by atoms with van der Waals surface area (Å²) in [5.41, 5.74) is 2.38. The largest absolute Gasteiger partial charge is 0.265 e. The van der Waals surface area contributed by atoms with Crippen LogP contribution in [-0.4, -0.2) is 4.98 Å². The highest BCUT2D eigenvalue weighted by Gasteiger charge is 2.17. The zero-order valence-corrected chi connectivity index (χ0v) is 9.93. The van der Waals surface area contributed by atoms with Gasteiger partial charge in [-0.15, -0.1) is 11.6 Å². The topological polar surface area (TPSA) is 12.9 Å². The molecule has 2 atom stereocenters. The summed E-state index contributed by atoms with van der Waals surface area (Å²) < 4.78 is 0.